The number of aliphatic hydroxyl groups excluding tert-OH is 1. The first-order valence-corrected chi connectivity index (χ1v) is 7.12. The molecule has 0 bridgehead atoms. The number of hydrogen-bond acceptors (Lipinski definition) is 2. The van der Waals surface area contributed by atoms with Crippen LogP contribution >= 0.6 is 0 Å². The van der Waals surface area contributed by atoms with Crippen LogP contribution in [0.25, 0.3) is 0 Å². The van der Waals surface area contributed by atoms with Crippen LogP contribution in [0.4, 0.5) is 0 Å². The number of ketones is 1. The summed E-state index contributed by atoms with van der Waals surface area (Å²) in [6.45, 7) is 6.18. The van der Waals surface area contributed by atoms with Crippen molar-refractivity contribution in [2.24, 2.45) is 5.41 Å². The zero-order valence-electron chi connectivity index (χ0n) is 11.8. The Kier molecular flexibility index (Phi) is 3.76. The molecular weight excluding hydrogens is 224 g/mol. The maximum absolute atomic E-state index is 12.3. The topological polar surface area (TPSA) is 37.3 Å². The molecule has 0 radical (unpaired) electrons. The largest absolute Gasteiger partial charge is 0.392 e. The smallest absolute Gasteiger partial charge is 0.184 e. The van der Waals surface area contributed by atoms with Gasteiger partial charge in [0, 0.05) is 5.41 Å². The summed E-state index contributed by atoms with van der Waals surface area (Å²) in [5.41, 5.74) is 2.82. The quantitative estimate of drug-likeness (QED) is 0.759. The molecule has 0 unspecified atom stereocenters. The minimum atomic E-state index is -0.297. The number of allylic oxidation sites excluding steroid dienone is 3. The third kappa shape index (κ3) is 2.07. The highest BCUT2D eigenvalue weighted by molar-refractivity contribution is 6.09. The van der Waals surface area contributed by atoms with Crippen molar-refractivity contribution in [3.63, 3.8) is 0 Å². The zero-order valence-corrected chi connectivity index (χ0v) is 11.8. The third-order valence-corrected chi connectivity index (χ3v) is 4.65. The lowest BCUT2D eigenvalue weighted by Crippen LogP contribution is -2.42. The van der Waals surface area contributed by atoms with Crippen LogP contribution in [-0.4, -0.2) is 17.0 Å². The van der Waals surface area contributed by atoms with E-state index < -0.39 is 0 Å². The Hall–Kier alpha value is -0.890. The van der Waals surface area contributed by atoms with Crippen LogP contribution in [0.1, 0.15) is 59.3 Å². The predicted octanol–water partition coefficient (Wildman–Crippen LogP) is 3.55. The first-order chi connectivity index (χ1) is 8.50. The number of aliphatic hydroxyl groups is 1. The van der Waals surface area contributed by atoms with Crippen molar-refractivity contribution in [1.29, 1.82) is 0 Å². The summed E-state index contributed by atoms with van der Waals surface area (Å²) in [6, 6.07) is 0. The summed E-state index contributed by atoms with van der Waals surface area (Å²) in [4.78, 5) is 12.3. The highest BCUT2D eigenvalue weighted by atomic mass is 16.3. The Morgan fingerprint density at radius 2 is 2.22 bits per heavy atom. The molecule has 100 valence electrons. The molecule has 0 heterocycles. The molecule has 1 N–H and O–H groups in total. The molecule has 2 rings (SSSR count). The summed E-state index contributed by atoms with van der Waals surface area (Å²) in [7, 11) is 0. The standard InChI is InChI=1S/C16H24O2/c1-4-5-7-12-10-16(3)13(11(2)15(12)18)8-6-9-14(16)17/h7,14,17H,4-6,8-10H2,1-3H3/b12-7+/t14-,16-/m0/s1. The number of carbonyl (C=O) groups is 1. The Labute approximate surface area is 110 Å². The maximum atomic E-state index is 12.3. The third-order valence-electron chi connectivity index (χ3n) is 4.65. The number of fused-ring (bicyclic) bond motifs is 1. The highest BCUT2D eigenvalue weighted by Crippen LogP contribution is 2.50. The van der Waals surface area contributed by atoms with Crippen LogP contribution in [0.15, 0.2) is 22.8 Å². The monoisotopic (exact) mass is 248 g/mol. The van der Waals surface area contributed by atoms with E-state index in [0.29, 0.717) is 0 Å². The molecule has 2 nitrogen and oxygen atoms in total. The Morgan fingerprint density at radius 1 is 1.50 bits per heavy atom. The molecule has 0 aromatic carbocycles. The zero-order chi connectivity index (χ0) is 13.3. The molecule has 2 atom stereocenters. The molecule has 0 spiro atoms. The minimum Gasteiger partial charge on any atom is -0.392 e. The molecule has 0 saturated heterocycles. The van der Waals surface area contributed by atoms with Crippen LogP contribution in [0, 0.1) is 5.41 Å². The van der Waals surface area contributed by atoms with Gasteiger partial charge >= 0.3 is 0 Å². The van der Waals surface area contributed by atoms with E-state index in [2.05, 4.69) is 19.9 Å². The van der Waals surface area contributed by atoms with Crippen molar-refractivity contribution < 1.29 is 9.90 Å². The molecule has 2 aliphatic carbocycles. The van der Waals surface area contributed by atoms with Gasteiger partial charge in [-0.25, -0.2) is 0 Å². The maximum Gasteiger partial charge on any atom is 0.184 e. The summed E-state index contributed by atoms with van der Waals surface area (Å²) < 4.78 is 0. The number of unbranched alkanes of at least 4 members (excludes halogenated alkanes) is 1. The minimum absolute atomic E-state index is 0.199. The summed E-state index contributed by atoms with van der Waals surface area (Å²) in [5.74, 6) is 0.213. The number of carbonyl (C=O) groups excluding carboxylic acids is 1. The second kappa shape index (κ2) is 5.00. The molecule has 1 fully saturated rings. The van der Waals surface area contributed by atoms with Crippen molar-refractivity contribution in [2.45, 2.75) is 65.4 Å². The molecule has 0 aliphatic heterocycles. The second-order valence-electron chi connectivity index (χ2n) is 5.95. The molecule has 18 heavy (non-hydrogen) atoms. The van der Waals surface area contributed by atoms with Gasteiger partial charge in [0.2, 0.25) is 0 Å². The average Bonchev–Trinajstić information content (AvgIpc) is 2.35. The fourth-order valence-electron chi connectivity index (χ4n) is 3.45. The Balaban J connectivity index is 2.42. The van der Waals surface area contributed by atoms with E-state index in [1.165, 1.54) is 5.57 Å². The molecule has 2 aliphatic rings. The lowest BCUT2D eigenvalue weighted by atomic mass is 9.61. The molecule has 1 saturated carbocycles. The average molecular weight is 248 g/mol. The van der Waals surface area contributed by atoms with E-state index in [4.69, 9.17) is 0 Å². The highest BCUT2D eigenvalue weighted by Gasteiger charge is 2.45. The lowest BCUT2D eigenvalue weighted by Gasteiger charge is -2.45. The van der Waals surface area contributed by atoms with Gasteiger partial charge in [0.15, 0.2) is 5.78 Å². The van der Waals surface area contributed by atoms with Crippen molar-refractivity contribution in [1.82, 2.24) is 0 Å². The molecule has 0 aromatic heterocycles. The second-order valence-corrected chi connectivity index (χ2v) is 5.95. The molecule has 0 aromatic rings. The van der Waals surface area contributed by atoms with E-state index in [1.54, 1.807) is 0 Å². The van der Waals surface area contributed by atoms with E-state index >= 15 is 0 Å². The van der Waals surface area contributed by atoms with Gasteiger partial charge < -0.3 is 5.11 Å². The van der Waals surface area contributed by atoms with Crippen LogP contribution in [0.3, 0.4) is 0 Å². The van der Waals surface area contributed by atoms with Crippen LogP contribution in [0.5, 0.6) is 0 Å². The van der Waals surface area contributed by atoms with Crippen LogP contribution in [0.2, 0.25) is 0 Å². The molecular formula is C16H24O2. The number of Topliss-reactive ketones (excluding diaryl/α,β-unsaturated/α-hetero) is 1. The summed E-state index contributed by atoms with van der Waals surface area (Å²) in [5, 5.41) is 10.3. The Bertz CT molecular complexity index is 417. The van der Waals surface area contributed by atoms with Gasteiger partial charge in [0.25, 0.3) is 0 Å². The van der Waals surface area contributed by atoms with Gasteiger partial charge in [-0.05, 0) is 50.2 Å². The van der Waals surface area contributed by atoms with E-state index in [-0.39, 0.29) is 17.3 Å². The molecule has 2 heteroatoms. The normalized spacial score (nSPS) is 35.0. The van der Waals surface area contributed by atoms with Crippen LogP contribution < -0.4 is 0 Å². The number of rotatable bonds is 2. The van der Waals surface area contributed by atoms with Gasteiger partial charge in [-0.2, -0.15) is 0 Å². The SMILES string of the molecule is CCC/C=C1\C[C@@]2(C)C(=C(C)C1=O)CCC[C@@H]2O. The van der Waals surface area contributed by atoms with Gasteiger partial charge in [-0.1, -0.05) is 31.9 Å². The van der Waals surface area contributed by atoms with Crippen LogP contribution in [-0.2, 0) is 4.79 Å². The number of hydrogen-bond donors (Lipinski definition) is 1. The van der Waals surface area contributed by atoms with E-state index in [9.17, 15) is 9.90 Å². The van der Waals surface area contributed by atoms with E-state index in [1.807, 2.05) is 6.92 Å². The van der Waals surface area contributed by atoms with Crippen molar-refractivity contribution in [3.8, 4) is 0 Å². The van der Waals surface area contributed by atoms with Gasteiger partial charge in [0.05, 0.1) is 6.10 Å². The summed E-state index contributed by atoms with van der Waals surface area (Å²) >= 11 is 0. The van der Waals surface area contributed by atoms with Crippen molar-refractivity contribution in [2.75, 3.05) is 0 Å². The van der Waals surface area contributed by atoms with Crippen molar-refractivity contribution >= 4 is 5.78 Å². The Morgan fingerprint density at radius 3 is 2.89 bits per heavy atom. The fraction of sp³-hybridized carbons (Fsp3) is 0.688. The fourth-order valence-corrected chi connectivity index (χ4v) is 3.45. The molecule has 0 amide bonds. The predicted molar refractivity (Wildman–Crippen MR) is 73.3 cm³/mol. The first kappa shape index (κ1) is 13.5. The lowest BCUT2D eigenvalue weighted by molar-refractivity contribution is -0.113. The van der Waals surface area contributed by atoms with Gasteiger partial charge in [-0.15, -0.1) is 0 Å². The van der Waals surface area contributed by atoms with Gasteiger partial charge in [-0.3, -0.25) is 4.79 Å². The first-order valence-electron chi connectivity index (χ1n) is 7.12. The van der Waals surface area contributed by atoms with E-state index in [0.717, 1.165) is 49.7 Å². The van der Waals surface area contributed by atoms with Gasteiger partial charge in [0.1, 0.15) is 0 Å². The summed E-state index contributed by atoms with van der Waals surface area (Å²) in [6.07, 6.45) is 7.37. The van der Waals surface area contributed by atoms with Crippen molar-refractivity contribution in [3.05, 3.63) is 22.8 Å².